The molecule has 3 aromatic rings. The number of aromatic nitrogens is 3. The van der Waals surface area contributed by atoms with Crippen LogP contribution in [-0.2, 0) is 18.4 Å². The van der Waals surface area contributed by atoms with E-state index in [0.29, 0.717) is 36.5 Å². The highest BCUT2D eigenvalue weighted by Gasteiger charge is 2.32. The SMILES string of the molecule is COc1ncccc1CN1CC[C@H]2CC(=O)Nc3ccc(-c4cnn(C)c4)cc3OCC[C@H]2C1. The number of piperidine rings is 1. The molecule has 34 heavy (non-hydrogen) atoms. The Morgan fingerprint density at radius 3 is 2.94 bits per heavy atom. The molecule has 0 radical (unpaired) electrons. The van der Waals surface area contributed by atoms with Crippen LogP contribution < -0.4 is 14.8 Å². The Bertz CT molecular complexity index is 1160. The van der Waals surface area contributed by atoms with Crippen LogP contribution in [0.2, 0.25) is 0 Å². The summed E-state index contributed by atoms with van der Waals surface area (Å²) in [6.45, 7) is 3.30. The Morgan fingerprint density at radius 1 is 1.21 bits per heavy atom. The third-order valence-electron chi connectivity index (χ3n) is 6.90. The van der Waals surface area contributed by atoms with Crippen LogP contribution in [0.1, 0.15) is 24.8 Å². The van der Waals surface area contributed by atoms with Gasteiger partial charge in [-0.3, -0.25) is 14.4 Å². The van der Waals surface area contributed by atoms with Crippen LogP contribution in [-0.4, -0.2) is 52.4 Å². The minimum absolute atomic E-state index is 0.0539. The second-order valence-electron chi connectivity index (χ2n) is 9.22. The number of likely N-dealkylation sites (tertiary alicyclic amines) is 1. The van der Waals surface area contributed by atoms with Crippen LogP contribution in [0.25, 0.3) is 11.1 Å². The maximum atomic E-state index is 12.9. The summed E-state index contributed by atoms with van der Waals surface area (Å²) in [5.41, 5.74) is 3.86. The Morgan fingerprint density at radius 2 is 2.12 bits per heavy atom. The minimum atomic E-state index is 0.0539. The number of anilines is 1. The Labute approximate surface area is 199 Å². The number of pyridine rings is 1. The van der Waals surface area contributed by atoms with Crippen molar-refractivity contribution in [1.82, 2.24) is 19.7 Å². The van der Waals surface area contributed by atoms with Gasteiger partial charge < -0.3 is 14.8 Å². The van der Waals surface area contributed by atoms with Gasteiger partial charge in [0, 0.05) is 50.1 Å². The number of rotatable bonds is 4. The molecule has 0 bridgehead atoms. The van der Waals surface area contributed by atoms with Crippen LogP contribution >= 0.6 is 0 Å². The maximum Gasteiger partial charge on any atom is 0.224 e. The summed E-state index contributed by atoms with van der Waals surface area (Å²) in [6, 6.07) is 9.94. The largest absolute Gasteiger partial charge is 0.491 e. The standard InChI is InChI=1S/C26H31N5O3/c1-30-15-22(14-28-30)18-5-6-23-24(12-18)34-11-8-20-16-31(10-7-19(20)13-25(32)29-23)17-21-4-3-9-27-26(21)33-2/h3-6,9,12,14-15,19-20H,7-8,10-11,13,16-17H2,1-2H3,(H,29,32)/t19-,20-/m0/s1. The number of aryl methyl sites for hydroxylation is 1. The van der Waals surface area contributed by atoms with Crippen molar-refractivity contribution in [2.24, 2.45) is 18.9 Å². The summed E-state index contributed by atoms with van der Waals surface area (Å²) < 4.78 is 13.4. The normalized spacial score (nSPS) is 21.1. The predicted molar refractivity (Wildman–Crippen MR) is 130 cm³/mol. The Kier molecular flexibility index (Phi) is 6.49. The first-order chi connectivity index (χ1) is 16.6. The van der Waals surface area contributed by atoms with Crippen LogP contribution in [0.3, 0.4) is 0 Å². The van der Waals surface area contributed by atoms with Crippen molar-refractivity contribution in [3.05, 3.63) is 54.5 Å². The van der Waals surface area contributed by atoms with Gasteiger partial charge in [-0.1, -0.05) is 12.1 Å². The Hall–Kier alpha value is -3.39. The van der Waals surface area contributed by atoms with Gasteiger partial charge >= 0.3 is 0 Å². The number of methoxy groups -OCH3 is 1. The second kappa shape index (κ2) is 9.85. The summed E-state index contributed by atoms with van der Waals surface area (Å²) in [5, 5.41) is 7.35. The molecule has 1 saturated heterocycles. The lowest BCUT2D eigenvalue weighted by atomic mass is 9.81. The molecule has 5 rings (SSSR count). The maximum absolute atomic E-state index is 12.9. The smallest absolute Gasteiger partial charge is 0.224 e. The summed E-state index contributed by atoms with van der Waals surface area (Å²) in [5.74, 6) is 2.19. The van der Waals surface area contributed by atoms with Crippen LogP contribution in [0.15, 0.2) is 48.9 Å². The van der Waals surface area contributed by atoms with E-state index in [1.165, 1.54) is 0 Å². The third kappa shape index (κ3) is 4.92. The molecule has 1 N–H and O–H groups in total. The van der Waals surface area contributed by atoms with Crippen molar-refractivity contribution in [2.75, 3.05) is 32.1 Å². The van der Waals surface area contributed by atoms with Crippen LogP contribution in [0, 0.1) is 11.8 Å². The number of nitrogens with one attached hydrogen (secondary N) is 1. The van der Waals surface area contributed by atoms with Crippen LogP contribution in [0.4, 0.5) is 5.69 Å². The molecule has 0 spiro atoms. The highest BCUT2D eigenvalue weighted by Crippen LogP contribution is 2.35. The molecule has 4 heterocycles. The zero-order chi connectivity index (χ0) is 23.5. The van der Waals surface area contributed by atoms with E-state index in [9.17, 15) is 4.79 Å². The molecule has 0 aliphatic carbocycles. The molecular formula is C26H31N5O3. The monoisotopic (exact) mass is 461 g/mol. The molecule has 8 nitrogen and oxygen atoms in total. The lowest BCUT2D eigenvalue weighted by Gasteiger charge is -2.39. The fourth-order valence-corrected chi connectivity index (χ4v) is 5.12. The van der Waals surface area contributed by atoms with Gasteiger partial charge in [-0.2, -0.15) is 5.10 Å². The van der Waals surface area contributed by atoms with Crippen molar-refractivity contribution in [3.63, 3.8) is 0 Å². The molecule has 2 atom stereocenters. The number of benzene rings is 1. The van der Waals surface area contributed by atoms with Gasteiger partial charge in [-0.15, -0.1) is 0 Å². The van der Waals surface area contributed by atoms with Crippen molar-refractivity contribution >= 4 is 11.6 Å². The molecule has 1 amide bonds. The zero-order valence-electron chi connectivity index (χ0n) is 19.7. The van der Waals surface area contributed by atoms with E-state index >= 15 is 0 Å². The fraction of sp³-hybridized carbons (Fsp3) is 0.423. The van der Waals surface area contributed by atoms with E-state index in [0.717, 1.165) is 54.9 Å². The number of amides is 1. The predicted octanol–water partition coefficient (Wildman–Crippen LogP) is 3.74. The highest BCUT2D eigenvalue weighted by molar-refractivity contribution is 5.93. The number of carbonyl (C=O) groups excluding carboxylic acids is 1. The minimum Gasteiger partial charge on any atom is -0.491 e. The molecule has 0 unspecified atom stereocenters. The highest BCUT2D eigenvalue weighted by atomic mass is 16.5. The van der Waals surface area contributed by atoms with Gasteiger partial charge in [0.2, 0.25) is 11.8 Å². The van der Waals surface area contributed by atoms with E-state index in [1.807, 2.05) is 43.7 Å². The molecule has 1 fully saturated rings. The van der Waals surface area contributed by atoms with Gasteiger partial charge in [-0.05, 0) is 55.0 Å². The van der Waals surface area contributed by atoms with Gasteiger partial charge in [0.1, 0.15) is 5.75 Å². The van der Waals surface area contributed by atoms with Gasteiger partial charge in [0.25, 0.3) is 0 Å². The van der Waals surface area contributed by atoms with E-state index in [-0.39, 0.29) is 5.91 Å². The number of ether oxygens (including phenoxy) is 2. The topological polar surface area (TPSA) is 81.5 Å². The summed E-state index contributed by atoms with van der Waals surface area (Å²) in [4.78, 5) is 19.7. The van der Waals surface area contributed by atoms with E-state index < -0.39 is 0 Å². The van der Waals surface area contributed by atoms with Crippen molar-refractivity contribution in [3.8, 4) is 22.8 Å². The molecular weight excluding hydrogens is 430 g/mol. The number of hydrogen-bond donors (Lipinski definition) is 1. The zero-order valence-corrected chi connectivity index (χ0v) is 19.7. The fourth-order valence-electron chi connectivity index (χ4n) is 5.12. The van der Waals surface area contributed by atoms with Gasteiger partial charge in [0.15, 0.2) is 0 Å². The van der Waals surface area contributed by atoms with Crippen molar-refractivity contribution in [2.45, 2.75) is 25.8 Å². The molecule has 178 valence electrons. The number of hydrogen-bond acceptors (Lipinski definition) is 6. The lowest BCUT2D eigenvalue weighted by Crippen LogP contribution is -2.42. The second-order valence-corrected chi connectivity index (χ2v) is 9.22. The van der Waals surface area contributed by atoms with E-state index in [4.69, 9.17) is 9.47 Å². The first-order valence-electron chi connectivity index (χ1n) is 11.8. The Balaban J connectivity index is 1.30. The van der Waals surface area contributed by atoms with Crippen molar-refractivity contribution in [1.29, 1.82) is 0 Å². The molecule has 2 aliphatic rings. The molecule has 2 aromatic heterocycles. The third-order valence-corrected chi connectivity index (χ3v) is 6.90. The summed E-state index contributed by atoms with van der Waals surface area (Å²) >= 11 is 0. The quantitative estimate of drug-likeness (QED) is 0.638. The average molecular weight is 462 g/mol. The summed E-state index contributed by atoms with van der Waals surface area (Å²) in [6.07, 6.45) is 8.00. The number of fused-ring (bicyclic) bond motifs is 2. The van der Waals surface area contributed by atoms with Crippen molar-refractivity contribution < 1.29 is 14.3 Å². The molecule has 1 aromatic carbocycles. The lowest BCUT2D eigenvalue weighted by molar-refractivity contribution is -0.118. The summed E-state index contributed by atoms with van der Waals surface area (Å²) in [7, 11) is 3.56. The van der Waals surface area contributed by atoms with E-state index in [1.54, 1.807) is 18.0 Å². The first-order valence-corrected chi connectivity index (χ1v) is 11.8. The van der Waals surface area contributed by atoms with Gasteiger partial charge in [0.05, 0.1) is 25.6 Å². The van der Waals surface area contributed by atoms with Gasteiger partial charge in [-0.25, -0.2) is 4.98 Å². The van der Waals surface area contributed by atoms with E-state index in [2.05, 4.69) is 26.4 Å². The number of carbonyl (C=O) groups is 1. The average Bonchev–Trinajstić information content (AvgIpc) is 3.28. The molecule has 2 aliphatic heterocycles. The first kappa shape index (κ1) is 22.4. The van der Waals surface area contributed by atoms with Crippen LogP contribution in [0.5, 0.6) is 11.6 Å². The molecule has 0 saturated carbocycles. The molecule has 8 heteroatoms. The number of nitrogens with zero attached hydrogens (tertiary/aromatic N) is 4.